The standard InChI is InChI=1S/C26H29N3O3S2/c1-6-28(7-2)19-12-10-18(11-13-19)15-21-24(30)29-23(20-9-8-14-33-20)22(25(31)32-16(3)4)17(5)27-26(29)34-21/h8-16,23H,6-7H2,1-5H3/b21-15-/t23-/m0/s1. The highest BCUT2D eigenvalue weighted by atomic mass is 32.1. The third-order valence-corrected chi connectivity index (χ3v) is 7.62. The van der Waals surface area contributed by atoms with Crippen molar-refractivity contribution in [3.63, 3.8) is 0 Å². The van der Waals surface area contributed by atoms with E-state index < -0.39 is 12.0 Å². The zero-order valence-electron chi connectivity index (χ0n) is 20.1. The van der Waals surface area contributed by atoms with Crippen molar-refractivity contribution in [1.82, 2.24) is 4.57 Å². The van der Waals surface area contributed by atoms with Gasteiger partial charge in [-0.05, 0) is 69.8 Å². The number of thiazole rings is 1. The largest absolute Gasteiger partial charge is 0.459 e. The summed E-state index contributed by atoms with van der Waals surface area (Å²) in [4.78, 5) is 35.0. The van der Waals surface area contributed by atoms with Gasteiger partial charge in [0.05, 0.1) is 21.9 Å². The second-order valence-corrected chi connectivity index (χ2v) is 10.3. The zero-order chi connectivity index (χ0) is 24.4. The summed E-state index contributed by atoms with van der Waals surface area (Å²) < 4.78 is 7.74. The number of carbonyl (C=O) groups is 1. The van der Waals surface area contributed by atoms with Gasteiger partial charge < -0.3 is 9.64 Å². The summed E-state index contributed by atoms with van der Waals surface area (Å²) in [5, 5.41) is 1.95. The summed E-state index contributed by atoms with van der Waals surface area (Å²) in [6.07, 6.45) is 1.63. The minimum atomic E-state index is -0.547. The van der Waals surface area contributed by atoms with Crippen LogP contribution in [0, 0.1) is 0 Å². The average Bonchev–Trinajstić information content (AvgIpc) is 3.43. The first-order chi connectivity index (χ1) is 16.3. The maximum atomic E-state index is 13.6. The van der Waals surface area contributed by atoms with Gasteiger partial charge in [0.2, 0.25) is 0 Å². The van der Waals surface area contributed by atoms with E-state index in [1.165, 1.54) is 22.7 Å². The van der Waals surface area contributed by atoms with E-state index >= 15 is 0 Å². The quantitative estimate of drug-likeness (QED) is 0.463. The minimum absolute atomic E-state index is 0.155. The SMILES string of the molecule is CCN(CC)c1ccc(/C=c2\sc3n(c2=O)[C@@H](c2cccs2)C(C(=O)OC(C)C)=C(C)N=3)cc1. The van der Waals surface area contributed by atoms with E-state index in [9.17, 15) is 9.59 Å². The highest BCUT2D eigenvalue weighted by molar-refractivity contribution is 7.10. The Morgan fingerprint density at radius 1 is 1.21 bits per heavy atom. The van der Waals surface area contributed by atoms with Crippen LogP contribution in [0.3, 0.4) is 0 Å². The molecular formula is C26H29N3O3S2. The molecule has 178 valence electrons. The maximum absolute atomic E-state index is 13.6. The van der Waals surface area contributed by atoms with Crippen molar-refractivity contribution in [1.29, 1.82) is 0 Å². The molecule has 1 aromatic carbocycles. The van der Waals surface area contributed by atoms with Gasteiger partial charge in [0, 0.05) is 23.7 Å². The fourth-order valence-electron chi connectivity index (χ4n) is 4.10. The molecule has 1 aliphatic heterocycles. The van der Waals surface area contributed by atoms with Crippen LogP contribution in [0.1, 0.15) is 51.1 Å². The number of esters is 1. The van der Waals surface area contributed by atoms with Gasteiger partial charge in [0.15, 0.2) is 4.80 Å². The van der Waals surface area contributed by atoms with Gasteiger partial charge in [-0.2, -0.15) is 0 Å². The number of aromatic nitrogens is 1. The van der Waals surface area contributed by atoms with Gasteiger partial charge in [-0.25, -0.2) is 9.79 Å². The van der Waals surface area contributed by atoms with E-state index in [-0.39, 0.29) is 11.7 Å². The molecule has 0 unspecified atom stereocenters. The van der Waals surface area contributed by atoms with Crippen molar-refractivity contribution in [2.75, 3.05) is 18.0 Å². The number of hydrogen-bond acceptors (Lipinski definition) is 7. The predicted octanol–water partition coefficient (Wildman–Crippen LogP) is 4.09. The number of nitrogens with zero attached hydrogens (tertiary/aromatic N) is 3. The van der Waals surface area contributed by atoms with Gasteiger partial charge in [-0.15, -0.1) is 11.3 Å². The monoisotopic (exact) mass is 495 g/mol. The topological polar surface area (TPSA) is 63.9 Å². The molecule has 0 amide bonds. The predicted molar refractivity (Wildman–Crippen MR) is 139 cm³/mol. The van der Waals surface area contributed by atoms with Crippen molar-refractivity contribution < 1.29 is 9.53 Å². The van der Waals surface area contributed by atoms with E-state index in [0.717, 1.165) is 29.2 Å². The van der Waals surface area contributed by atoms with Crippen LogP contribution in [-0.2, 0) is 9.53 Å². The van der Waals surface area contributed by atoms with E-state index in [1.54, 1.807) is 11.5 Å². The van der Waals surface area contributed by atoms with E-state index in [0.29, 0.717) is 20.6 Å². The van der Waals surface area contributed by atoms with Gasteiger partial charge >= 0.3 is 5.97 Å². The summed E-state index contributed by atoms with van der Waals surface area (Å²) >= 11 is 2.86. The lowest BCUT2D eigenvalue weighted by molar-refractivity contribution is -0.143. The molecule has 0 radical (unpaired) electrons. The van der Waals surface area contributed by atoms with Crippen molar-refractivity contribution in [3.05, 3.63) is 83.2 Å². The summed E-state index contributed by atoms with van der Waals surface area (Å²) in [6.45, 7) is 11.6. The Labute approximate surface area is 207 Å². The van der Waals surface area contributed by atoms with E-state index in [4.69, 9.17) is 4.74 Å². The molecule has 0 N–H and O–H groups in total. The number of anilines is 1. The van der Waals surface area contributed by atoms with Crippen LogP contribution >= 0.6 is 22.7 Å². The van der Waals surface area contributed by atoms with Crippen LogP contribution < -0.4 is 19.8 Å². The first-order valence-corrected chi connectivity index (χ1v) is 13.2. The highest BCUT2D eigenvalue weighted by Crippen LogP contribution is 2.33. The Balaban J connectivity index is 1.81. The zero-order valence-corrected chi connectivity index (χ0v) is 21.7. The van der Waals surface area contributed by atoms with Crippen molar-refractivity contribution >= 4 is 40.4 Å². The second-order valence-electron chi connectivity index (χ2n) is 8.32. The lowest BCUT2D eigenvalue weighted by Gasteiger charge is -2.24. The summed E-state index contributed by atoms with van der Waals surface area (Å²) in [7, 11) is 0. The third kappa shape index (κ3) is 4.65. The van der Waals surface area contributed by atoms with Gasteiger partial charge in [0.1, 0.15) is 6.04 Å². The number of allylic oxidation sites excluding steroid dienone is 1. The Kier molecular flexibility index (Phi) is 7.19. The summed E-state index contributed by atoms with van der Waals surface area (Å²) in [5.41, 5.74) is 2.95. The number of ether oxygens (including phenoxy) is 1. The van der Waals surface area contributed by atoms with E-state index in [1.807, 2.05) is 49.6 Å². The Bertz CT molecular complexity index is 1380. The van der Waals surface area contributed by atoms with Gasteiger partial charge in [-0.1, -0.05) is 29.5 Å². The Morgan fingerprint density at radius 3 is 2.50 bits per heavy atom. The fraction of sp³-hybridized carbons (Fsp3) is 0.346. The van der Waals surface area contributed by atoms with Crippen LogP contribution in [0.5, 0.6) is 0 Å². The number of benzene rings is 1. The second kappa shape index (κ2) is 10.1. The molecule has 2 aromatic heterocycles. The summed E-state index contributed by atoms with van der Waals surface area (Å²) in [6, 6.07) is 11.5. The number of hydrogen-bond donors (Lipinski definition) is 0. The van der Waals surface area contributed by atoms with Gasteiger partial charge in [0.25, 0.3) is 5.56 Å². The molecule has 8 heteroatoms. The summed E-state index contributed by atoms with van der Waals surface area (Å²) in [5.74, 6) is -0.434. The van der Waals surface area contributed by atoms with Crippen LogP contribution in [0.25, 0.3) is 6.08 Å². The average molecular weight is 496 g/mol. The molecular weight excluding hydrogens is 466 g/mol. The number of carbonyl (C=O) groups excluding carboxylic acids is 1. The molecule has 0 bridgehead atoms. The van der Waals surface area contributed by atoms with Crippen molar-refractivity contribution in [2.45, 2.75) is 46.8 Å². The smallest absolute Gasteiger partial charge is 0.338 e. The number of rotatable bonds is 7. The molecule has 4 rings (SSSR count). The first kappa shape index (κ1) is 24.2. The van der Waals surface area contributed by atoms with Crippen molar-refractivity contribution in [2.24, 2.45) is 4.99 Å². The van der Waals surface area contributed by atoms with Crippen LogP contribution in [0.15, 0.2) is 62.8 Å². The molecule has 0 aliphatic carbocycles. The molecule has 0 saturated carbocycles. The van der Waals surface area contributed by atoms with Crippen LogP contribution in [-0.4, -0.2) is 29.7 Å². The molecule has 0 spiro atoms. The lowest BCUT2D eigenvalue weighted by Crippen LogP contribution is -2.39. The Hall–Kier alpha value is -2.97. The Morgan fingerprint density at radius 2 is 1.91 bits per heavy atom. The maximum Gasteiger partial charge on any atom is 0.338 e. The normalized spacial score (nSPS) is 15.9. The van der Waals surface area contributed by atoms with Gasteiger partial charge in [-0.3, -0.25) is 9.36 Å². The molecule has 6 nitrogen and oxygen atoms in total. The third-order valence-electron chi connectivity index (χ3n) is 5.72. The molecule has 3 aromatic rings. The lowest BCUT2D eigenvalue weighted by atomic mass is 10.0. The highest BCUT2D eigenvalue weighted by Gasteiger charge is 2.34. The molecule has 1 aliphatic rings. The fourth-order valence-corrected chi connectivity index (χ4v) is 5.97. The minimum Gasteiger partial charge on any atom is -0.459 e. The molecule has 34 heavy (non-hydrogen) atoms. The molecule has 3 heterocycles. The van der Waals surface area contributed by atoms with E-state index in [2.05, 4.69) is 35.9 Å². The number of thiophene rings is 1. The molecule has 0 saturated heterocycles. The number of fused-ring (bicyclic) bond motifs is 1. The van der Waals surface area contributed by atoms with Crippen LogP contribution in [0.2, 0.25) is 0 Å². The van der Waals surface area contributed by atoms with Crippen molar-refractivity contribution in [3.8, 4) is 0 Å². The first-order valence-electron chi connectivity index (χ1n) is 11.5. The molecule has 1 atom stereocenters. The molecule has 0 fully saturated rings. The van der Waals surface area contributed by atoms with Crippen LogP contribution in [0.4, 0.5) is 5.69 Å².